The molecule has 1 aliphatic rings. The first-order chi connectivity index (χ1) is 8.65. The molecular weight excluding hydrogens is 226 g/mol. The van der Waals surface area contributed by atoms with Crippen LogP contribution in [0.1, 0.15) is 5.56 Å². The van der Waals surface area contributed by atoms with E-state index in [1.807, 2.05) is 17.9 Å². The van der Waals surface area contributed by atoms with Crippen molar-refractivity contribution in [2.24, 2.45) is 7.05 Å². The lowest BCUT2D eigenvalue weighted by atomic mass is 10.2. The molecule has 0 spiro atoms. The second kappa shape index (κ2) is 6.31. The van der Waals surface area contributed by atoms with Crippen LogP contribution in [0.2, 0.25) is 0 Å². The minimum absolute atomic E-state index is 0.637. The Morgan fingerprint density at radius 3 is 2.89 bits per heavy atom. The number of piperazine rings is 1. The van der Waals surface area contributed by atoms with Crippen LogP contribution >= 0.6 is 0 Å². The fourth-order valence-electron chi connectivity index (χ4n) is 2.42. The van der Waals surface area contributed by atoms with E-state index in [0.717, 1.165) is 26.1 Å². The van der Waals surface area contributed by atoms with Crippen molar-refractivity contribution in [2.45, 2.75) is 12.5 Å². The molecule has 0 aromatic carbocycles. The molecule has 1 fully saturated rings. The third-order valence-electron chi connectivity index (χ3n) is 3.71. The molecule has 0 radical (unpaired) electrons. The zero-order valence-electron chi connectivity index (χ0n) is 11.8. The SMILES string of the molecule is CN1CCN(C)C(CNCCc2cnn(C)c2)C1. The highest BCUT2D eigenvalue weighted by atomic mass is 15.3. The topological polar surface area (TPSA) is 36.3 Å². The fourth-order valence-corrected chi connectivity index (χ4v) is 2.42. The van der Waals surface area contributed by atoms with Crippen molar-refractivity contribution in [3.05, 3.63) is 18.0 Å². The Bertz CT molecular complexity index is 362. The first-order valence-corrected chi connectivity index (χ1v) is 6.72. The monoisotopic (exact) mass is 251 g/mol. The third kappa shape index (κ3) is 3.80. The van der Waals surface area contributed by atoms with E-state index < -0.39 is 0 Å². The summed E-state index contributed by atoms with van der Waals surface area (Å²) in [5.41, 5.74) is 1.30. The van der Waals surface area contributed by atoms with Crippen LogP contribution in [-0.4, -0.2) is 72.4 Å². The van der Waals surface area contributed by atoms with E-state index in [-0.39, 0.29) is 0 Å². The summed E-state index contributed by atoms with van der Waals surface area (Å²) in [6.07, 6.45) is 5.09. The minimum atomic E-state index is 0.637. The predicted octanol–water partition coefficient (Wildman–Crippen LogP) is -0.202. The summed E-state index contributed by atoms with van der Waals surface area (Å²) in [5.74, 6) is 0. The molecule has 0 bridgehead atoms. The number of aryl methyl sites for hydroxylation is 1. The van der Waals surface area contributed by atoms with Gasteiger partial charge < -0.3 is 10.2 Å². The lowest BCUT2D eigenvalue weighted by molar-refractivity contribution is 0.113. The summed E-state index contributed by atoms with van der Waals surface area (Å²) in [7, 11) is 6.39. The summed E-state index contributed by atoms with van der Waals surface area (Å²) >= 11 is 0. The summed E-state index contributed by atoms with van der Waals surface area (Å²) in [5, 5.41) is 7.74. The van der Waals surface area contributed by atoms with Crippen LogP contribution in [0.4, 0.5) is 0 Å². The maximum Gasteiger partial charge on any atom is 0.0522 e. The molecule has 1 aromatic rings. The molecule has 0 saturated carbocycles. The number of nitrogens with one attached hydrogen (secondary N) is 1. The van der Waals surface area contributed by atoms with Gasteiger partial charge in [-0.3, -0.25) is 9.58 Å². The third-order valence-corrected chi connectivity index (χ3v) is 3.71. The van der Waals surface area contributed by atoms with Gasteiger partial charge in [-0.2, -0.15) is 5.10 Å². The second-order valence-electron chi connectivity index (χ2n) is 5.37. The molecule has 5 nitrogen and oxygen atoms in total. The van der Waals surface area contributed by atoms with Crippen LogP contribution in [-0.2, 0) is 13.5 Å². The summed E-state index contributed by atoms with van der Waals surface area (Å²) in [4.78, 5) is 4.87. The molecule has 1 atom stereocenters. The first-order valence-electron chi connectivity index (χ1n) is 6.72. The summed E-state index contributed by atoms with van der Waals surface area (Å²) in [6.45, 7) is 5.62. The molecule has 1 aliphatic heterocycles. The zero-order valence-corrected chi connectivity index (χ0v) is 11.8. The Hall–Kier alpha value is -0.910. The second-order valence-corrected chi connectivity index (χ2v) is 5.37. The van der Waals surface area contributed by atoms with Crippen molar-refractivity contribution in [1.82, 2.24) is 24.9 Å². The fraction of sp³-hybridized carbons (Fsp3) is 0.769. The molecule has 1 saturated heterocycles. The largest absolute Gasteiger partial charge is 0.315 e. The molecular formula is C13H25N5. The highest BCUT2D eigenvalue weighted by molar-refractivity contribution is 5.03. The molecule has 1 N–H and O–H groups in total. The number of likely N-dealkylation sites (N-methyl/N-ethyl adjacent to an activating group) is 2. The number of hydrogen-bond donors (Lipinski definition) is 1. The molecule has 102 valence electrons. The van der Waals surface area contributed by atoms with Gasteiger partial charge in [-0.25, -0.2) is 0 Å². The van der Waals surface area contributed by atoms with E-state index in [1.165, 1.54) is 18.7 Å². The van der Waals surface area contributed by atoms with E-state index in [1.54, 1.807) is 0 Å². The normalized spacial score (nSPS) is 22.5. The minimum Gasteiger partial charge on any atom is -0.315 e. The van der Waals surface area contributed by atoms with Crippen LogP contribution in [0.3, 0.4) is 0 Å². The Morgan fingerprint density at radius 2 is 2.17 bits per heavy atom. The first kappa shape index (κ1) is 13.5. The highest BCUT2D eigenvalue weighted by Crippen LogP contribution is 2.04. The van der Waals surface area contributed by atoms with Gasteiger partial charge in [-0.15, -0.1) is 0 Å². The smallest absolute Gasteiger partial charge is 0.0522 e. The number of aromatic nitrogens is 2. The Kier molecular flexibility index (Phi) is 4.74. The van der Waals surface area contributed by atoms with Gasteiger partial charge in [0.1, 0.15) is 0 Å². The number of nitrogens with zero attached hydrogens (tertiary/aromatic N) is 4. The quantitative estimate of drug-likeness (QED) is 0.735. The van der Waals surface area contributed by atoms with Crippen molar-refractivity contribution < 1.29 is 0 Å². The standard InChI is InChI=1S/C13H25N5/c1-16-6-7-17(2)13(11-16)9-14-5-4-12-8-15-18(3)10-12/h8,10,13-14H,4-7,9,11H2,1-3H3. The van der Waals surface area contributed by atoms with Gasteiger partial charge >= 0.3 is 0 Å². The lowest BCUT2D eigenvalue weighted by Gasteiger charge is -2.37. The number of rotatable bonds is 5. The van der Waals surface area contributed by atoms with Gasteiger partial charge in [0, 0.05) is 45.5 Å². The highest BCUT2D eigenvalue weighted by Gasteiger charge is 2.21. The van der Waals surface area contributed by atoms with E-state index in [9.17, 15) is 0 Å². The van der Waals surface area contributed by atoms with Gasteiger partial charge in [0.2, 0.25) is 0 Å². The maximum atomic E-state index is 4.18. The van der Waals surface area contributed by atoms with Crippen molar-refractivity contribution in [1.29, 1.82) is 0 Å². The summed E-state index contributed by atoms with van der Waals surface area (Å²) < 4.78 is 1.86. The molecule has 5 heteroatoms. The van der Waals surface area contributed by atoms with E-state index in [0.29, 0.717) is 6.04 Å². The van der Waals surface area contributed by atoms with Gasteiger partial charge in [-0.1, -0.05) is 0 Å². The van der Waals surface area contributed by atoms with Gasteiger partial charge in [0.25, 0.3) is 0 Å². The van der Waals surface area contributed by atoms with Crippen molar-refractivity contribution >= 4 is 0 Å². The van der Waals surface area contributed by atoms with Gasteiger partial charge in [0.15, 0.2) is 0 Å². The van der Waals surface area contributed by atoms with Crippen LogP contribution in [0.25, 0.3) is 0 Å². The van der Waals surface area contributed by atoms with Crippen molar-refractivity contribution in [3.63, 3.8) is 0 Å². The van der Waals surface area contributed by atoms with Crippen LogP contribution < -0.4 is 5.32 Å². The lowest BCUT2D eigenvalue weighted by Crippen LogP contribution is -2.53. The van der Waals surface area contributed by atoms with Crippen LogP contribution in [0, 0.1) is 0 Å². The number of hydrogen-bond acceptors (Lipinski definition) is 4. The maximum absolute atomic E-state index is 4.18. The van der Waals surface area contributed by atoms with Crippen LogP contribution in [0.5, 0.6) is 0 Å². The molecule has 1 unspecified atom stereocenters. The predicted molar refractivity (Wildman–Crippen MR) is 73.7 cm³/mol. The van der Waals surface area contributed by atoms with Crippen molar-refractivity contribution in [3.8, 4) is 0 Å². The van der Waals surface area contributed by atoms with E-state index >= 15 is 0 Å². The van der Waals surface area contributed by atoms with E-state index in [4.69, 9.17) is 0 Å². The average Bonchev–Trinajstić information content (AvgIpc) is 2.75. The van der Waals surface area contributed by atoms with E-state index in [2.05, 4.69) is 40.5 Å². The summed E-state index contributed by atoms with van der Waals surface area (Å²) in [6, 6.07) is 0.637. The Morgan fingerprint density at radius 1 is 1.33 bits per heavy atom. The molecule has 2 heterocycles. The molecule has 1 aromatic heterocycles. The Balaban J connectivity index is 1.65. The molecule has 2 rings (SSSR count). The zero-order chi connectivity index (χ0) is 13.0. The molecule has 18 heavy (non-hydrogen) atoms. The van der Waals surface area contributed by atoms with Crippen molar-refractivity contribution in [2.75, 3.05) is 46.8 Å². The average molecular weight is 251 g/mol. The van der Waals surface area contributed by atoms with Gasteiger partial charge in [-0.05, 0) is 32.6 Å². The molecule has 0 aliphatic carbocycles. The Labute approximate surface area is 110 Å². The van der Waals surface area contributed by atoms with Crippen LogP contribution in [0.15, 0.2) is 12.4 Å². The van der Waals surface area contributed by atoms with Gasteiger partial charge in [0.05, 0.1) is 6.20 Å². The molecule has 0 amide bonds.